The third kappa shape index (κ3) is 4.08. The molecule has 1 atom stereocenters. The fourth-order valence-electron chi connectivity index (χ4n) is 4.07. The van der Waals surface area contributed by atoms with E-state index in [1.807, 2.05) is 67.2 Å². The van der Waals surface area contributed by atoms with E-state index in [0.717, 1.165) is 36.2 Å². The van der Waals surface area contributed by atoms with Crippen molar-refractivity contribution in [2.75, 3.05) is 61.5 Å². The number of nitrogens with zero attached hydrogens (tertiary/aromatic N) is 6. The van der Waals surface area contributed by atoms with Crippen LogP contribution in [0.25, 0.3) is 0 Å². The Balaban J connectivity index is 1.38. The SMILES string of the molecule is Cc1nc(N(C)C)cc(N2CCN(C(=O)C3CC(=O)N(c4ccccc4)C3)CC2)n1. The number of carbonyl (C=O) groups is 2. The molecule has 8 nitrogen and oxygen atoms in total. The van der Waals surface area contributed by atoms with Crippen LogP contribution >= 0.6 is 0 Å². The van der Waals surface area contributed by atoms with Crippen molar-refractivity contribution >= 4 is 29.1 Å². The van der Waals surface area contributed by atoms with Gasteiger partial charge in [-0.3, -0.25) is 9.59 Å². The number of anilines is 3. The highest BCUT2D eigenvalue weighted by molar-refractivity contribution is 6.00. The molecule has 0 N–H and O–H groups in total. The topological polar surface area (TPSA) is 72.9 Å². The van der Waals surface area contributed by atoms with Crippen molar-refractivity contribution in [2.45, 2.75) is 13.3 Å². The molecular weight excluding hydrogens is 380 g/mol. The fraction of sp³-hybridized carbons (Fsp3) is 0.455. The zero-order valence-corrected chi connectivity index (χ0v) is 17.8. The van der Waals surface area contributed by atoms with Gasteiger partial charge in [0.05, 0.1) is 5.92 Å². The second-order valence-electron chi connectivity index (χ2n) is 8.08. The van der Waals surface area contributed by atoms with E-state index >= 15 is 0 Å². The average molecular weight is 409 g/mol. The summed E-state index contributed by atoms with van der Waals surface area (Å²) in [5.41, 5.74) is 0.860. The van der Waals surface area contributed by atoms with E-state index in [-0.39, 0.29) is 24.2 Å². The first-order chi connectivity index (χ1) is 14.4. The van der Waals surface area contributed by atoms with E-state index < -0.39 is 0 Å². The maximum atomic E-state index is 13.1. The second kappa shape index (κ2) is 8.30. The zero-order chi connectivity index (χ0) is 21.3. The molecule has 2 amide bonds. The van der Waals surface area contributed by atoms with Gasteiger partial charge in [0.2, 0.25) is 11.8 Å². The molecule has 1 aromatic carbocycles. The molecule has 0 saturated carbocycles. The van der Waals surface area contributed by atoms with Crippen molar-refractivity contribution in [3.05, 3.63) is 42.2 Å². The Hall–Kier alpha value is -3.16. The van der Waals surface area contributed by atoms with E-state index in [0.29, 0.717) is 19.6 Å². The van der Waals surface area contributed by atoms with Crippen LogP contribution in [0, 0.1) is 12.8 Å². The Morgan fingerprint density at radius 2 is 1.77 bits per heavy atom. The first-order valence-corrected chi connectivity index (χ1v) is 10.3. The maximum Gasteiger partial charge on any atom is 0.228 e. The van der Waals surface area contributed by atoms with Gasteiger partial charge in [-0.05, 0) is 19.1 Å². The Morgan fingerprint density at radius 3 is 2.43 bits per heavy atom. The van der Waals surface area contributed by atoms with Crippen LogP contribution in [0.15, 0.2) is 36.4 Å². The summed E-state index contributed by atoms with van der Waals surface area (Å²) in [4.78, 5) is 42.3. The van der Waals surface area contributed by atoms with Crippen LogP contribution in [0.4, 0.5) is 17.3 Å². The normalized spacial score (nSPS) is 19.4. The van der Waals surface area contributed by atoms with Gasteiger partial charge in [0, 0.05) is 65.0 Å². The van der Waals surface area contributed by atoms with Crippen molar-refractivity contribution in [3.63, 3.8) is 0 Å². The van der Waals surface area contributed by atoms with Crippen LogP contribution in [0.1, 0.15) is 12.2 Å². The molecule has 2 saturated heterocycles. The quantitative estimate of drug-likeness (QED) is 0.764. The summed E-state index contributed by atoms with van der Waals surface area (Å²) in [5, 5.41) is 0. The molecule has 4 rings (SSSR count). The predicted molar refractivity (Wildman–Crippen MR) is 117 cm³/mol. The number of rotatable bonds is 4. The zero-order valence-electron chi connectivity index (χ0n) is 17.8. The van der Waals surface area contributed by atoms with E-state index in [2.05, 4.69) is 14.9 Å². The number of hydrogen-bond donors (Lipinski definition) is 0. The van der Waals surface area contributed by atoms with Gasteiger partial charge in [0.15, 0.2) is 0 Å². The van der Waals surface area contributed by atoms with Gasteiger partial charge in [-0.2, -0.15) is 0 Å². The summed E-state index contributed by atoms with van der Waals surface area (Å²) in [6, 6.07) is 11.6. The molecule has 2 aromatic rings. The molecule has 0 spiro atoms. The minimum atomic E-state index is -0.272. The van der Waals surface area contributed by atoms with Crippen LogP contribution in [0.5, 0.6) is 0 Å². The minimum absolute atomic E-state index is 0.0193. The van der Waals surface area contributed by atoms with E-state index in [4.69, 9.17) is 0 Å². The van der Waals surface area contributed by atoms with Gasteiger partial charge in [-0.1, -0.05) is 18.2 Å². The van der Waals surface area contributed by atoms with Gasteiger partial charge in [-0.25, -0.2) is 9.97 Å². The molecule has 3 heterocycles. The first kappa shape index (κ1) is 20.1. The Labute approximate surface area is 177 Å². The van der Waals surface area contributed by atoms with Crippen LogP contribution in [-0.2, 0) is 9.59 Å². The second-order valence-corrected chi connectivity index (χ2v) is 8.08. The molecule has 2 fully saturated rings. The number of piperazine rings is 1. The summed E-state index contributed by atoms with van der Waals surface area (Å²) in [6.45, 7) is 5.06. The fourth-order valence-corrected chi connectivity index (χ4v) is 4.07. The molecule has 2 aliphatic rings. The summed E-state index contributed by atoms with van der Waals surface area (Å²) >= 11 is 0. The Bertz CT molecular complexity index is 924. The van der Waals surface area contributed by atoms with Gasteiger partial charge in [0.25, 0.3) is 0 Å². The molecule has 1 unspecified atom stereocenters. The summed E-state index contributed by atoms with van der Waals surface area (Å²) < 4.78 is 0. The van der Waals surface area contributed by atoms with Crippen molar-refractivity contribution in [1.82, 2.24) is 14.9 Å². The smallest absolute Gasteiger partial charge is 0.228 e. The lowest BCUT2D eigenvalue weighted by Crippen LogP contribution is -2.51. The molecular formula is C22H28N6O2. The van der Waals surface area contributed by atoms with Crippen LogP contribution in [-0.4, -0.2) is 73.5 Å². The highest BCUT2D eigenvalue weighted by Crippen LogP contribution is 2.27. The van der Waals surface area contributed by atoms with Crippen LogP contribution in [0.3, 0.4) is 0 Å². The van der Waals surface area contributed by atoms with Crippen LogP contribution < -0.4 is 14.7 Å². The highest BCUT2D eigenvalue weighted by atomic mass is 16.2. The van der Waals surface area contributed by atoms with Crippen molar-refractivity contribution < 1.29 is 9.59 Å². The number of amides is 2. The molecule has 8 heteroatoms. The Kier molecular flexibility index (Phi) is 5.57. The molecule has 0 aliphatic carbocycles. The van der Waals surface area contributed by atoms with Gasteiger partial charge in [-0.15, -0.1) is 0 Å². The molecule has 1 aromatic heterocycles. The van der Waals surface area contributed by atoms with E-state index in [1.54, 1.807) is 4.90 Å². The van der Waals surface area contributed by atoms with Crippen molar-refractivity contribution in [2.24, 2.45) is 5.92 Å². The number of benzene rings is 1. The molecule has 2 aliphatic heterocycles. The lowest BCUT2D eigenvalue weighted by atomic mass is 10.1. The number of aryl methyl sites for hydroxylation is 1. The molecule has 0 bridgehead atoms. The monoisotopic (exact) mass is 408 g/mol. The van der Waals surface area contributed by atoms with Crippen molar-refractivity contribution in [3.8, 4) is 0 Å². The molecule has 30 heavy (non-hydrogen) atoms. The number of hydrogen-bond acceptors (Lipinski definition) is 6. The number of carbonyl (C=O) groups excluding carboxylic acids is 2. The standard InChI is InChI=1S/C22H28N6O2/c1-16-23-19(25(2)3)14-20(24-16)26-9-11-27(12-10-26)22(30)17-13-21(29)28(15-17)18-7-5-4-6-8-18/h4-8,14,17H,9-13,15H2,1-3H3. The third-order valence-corrected chi connectivity index (χ3v) is 5.73. The maximum absolute atomic E-state index is 13.1. The predicted octanol–water partition coefficient (Wildman–Crippen LogP) is 1.55. The summed E-state index contributed by atoms with van der Waals surface area (Å²) in [5.74, 6) is 2.33. The van der Waals surface area contributed by atoms with Gasteiger partial charge < -0.3 is 19.6 Å². The minimum Gasteiger partial charge on any atom is -0.363 e. The van der Waals surface area contributed by atoms with Gasteiger partial charge >= 0.3 is 0 Å². The van der Waals surface area contributed by atoms with Gasteiger partial charge in [0.1, 0.15) is 17.5 Å². The summed E-state index contributed by atoms with van der Waals surface area (Å²) in [7, 11) is 3.92. The molecule has 0 radical (unpaired) electrons. The third-order valence-electron chi connectivity index (χ3n) is 5.73. The largest absolute Gasteiger partial charge is 0.363 e. The number of para-hydroxylation sites is 1. The molecule has 158 valence electrons. The van der Waals surface area contributed by atoms with E-state index in [9.17, 15) is 9.59 Å². The highest BCUT2D eigenvalue weighted by Gasteiger charge is 2.38. The average Bonchev–Trinajstić information content (AvgIpc) is 3.15. The number of aromatic nitrogens is 2. The lowest BCUT2D eigenvalue weighted by molar-refractivity contribution is -0.136. The van der Waals surface area contributed by atoms with Crippen molar-refractivity contribution in [1.29, 1.82) is 0 Å². The van der Waals surface area contributed by atoms with Crippen LogP contribution in [0.2, 0.25) is 0 Å². The lowest BCUT2D eigenvalue weighted by Gasteiger charge is -2.36. The Morgan fingerprint density at radius 1 is 1.07 bits per heavy atom. The first-order valence-electron chi connectivity index (χ1n) is 10.3. The van der Waals surface area contributed by atoms with E-state index in [1.165, 1.54) is 0 Å². The summed E-state index contributed by atoms with van der Waals surface area (Å²) in [6.07, 6.45) is 0.283.